The van der Waals surface area contributed by atoms with E-state index in [0.717, 1.165) is 21.1 Å². The maximum atomic E-state index is 10.7. The van der Waals surface area contributed by atoms with Gasteiger partial charge < -0.3 is 5.32 Å². The molecule has 0 saturated heterocycles. The zero-order chi connectivity index (χ0) is 18.0. The number of hydrogen-bond donors (Lipinski definition) is 1. The molecule has 1 N–H and O–H groups in total. The average molecular weight is 375 g/mol. The summed E-state index contributed by atoms with van der Waals surface area (Å²) >= 11 is 7.54. The van der Waals surface area contributed by atoms with E-state index in [4.69, 9.17) is 16.6 Å². The van der Waals surface area contributed by atoms with Gasteiger partial charge in [0.25, 0.3) is 5.69 Å². The molecule has 0 aliphatic rings. The van der Waals surface area contributed by atoms with Crippen molar-refractivity contribution in [1.82, 2.24) is 9.97 Å². The molecule has 2 aromatic heterocycles. The van der Waals surface area contributed by atoms with Crippen molar-refractivity contribution in [3.8, 4) is 11.3 Å². The van der Waals surface area contributed by atoms with Crippen molar-refractivity contribution in [3.63, 3.8) is 0 Å². The smallest absolute Gasteiger partial charge is 0.287 e. The van der Waals surface area contributed by atoms with Crippen molar-refractivity contribution >= 4 is 34.4 Å². The summed E-state index contributed by atoms with van der Waals surface area (Å²) in [5.74, 6) is 0.569. The lowest BCUT2D eigenvalue weighted by Gasteiger charge is -2.11. The van der Waals surface area contributed by atoms with E-state index in [2.05, 4.69) is 10.3 Å². The minimum atomic E-state index is -0.469. The van der Waals surface area contributed by atoms with Gasteiger partial charge in [-0.1, -0.05) is 23.7 Å². The number of nitro groups is 1. The van der Waals surface area contributed by atoms with Gasteiger partial charge in [0.2, 0.25) is 0 Å². The van der Waals surface area contributed by atoms with Gasteiger partial charge in [0, 0.05) is 21.5 Å². The van der Waals surface area contributed by atoms with E-state index >= 15 is 0 Å². The summed E-state index contributed by atoms with van der Waals surface area (Å²) in [5, 5.41) is 15.5. The Morgan fingerprint density at radius 1 is 1.24 bits per heavy atom. The van der Waals surface area contributed by atoms with Gasteiger partial charge in [-0.15, -0.1) is 11.3 Å². The largest absolute Gasteiger partial charge is 0.361 e. The van der Waals surface area contributed by atoms with Crippen LogP contribution >= 0.6 is 22.9 Å². The molecule has 0 radical (unpaired) electrons. The van der Waals surface area contributed by atoms with Crippen LogP contribution in [0.25, 0.3) is 11.3 Å². The minimum Gasteiger partial charge on any atom is -0.361 e. The highest BCUT2D eigenvalue weighted by molar-refractivity contribution is 7.12. The first kappa shape index (κ1) is 17.3. The van der Waals surface area contributed by atoms with E-state index in [1.54, 1.807) is 17.4 Å². The second kappa shape index (κ2) is 7.16. The molecule has 0 amide bonds. The topological polar surface area (TPSA) is 81.0 Å². The van der Waals surface area contributed by atoms with Gasteiger partial charge in [0.1, 0.15) is 17.0 Å². The molecule has 0 aliphatic carbocycles. The molecule has 1 atom stereocenters. The summed E-state index contributed by atoms with van der Waals surface area (Å²) in [4.78, 5) is 20.1. The second-order valence-corrected chi connectivity index (χ2v) is 7.16. The highest BCUT2D eigenvalue weighted by Crippen LogP contribution is 2.32. The van der Waals surface area contributed by atoms with Crippen LogP contribution in [0.15, 0.2) is 42.6 Å². The quantitative estimate of drug-likeness (QED) is 0.487. The third-order valence-corrected chi connectivity index (χ3v) is 5.03. The molecule has 0 bridgehead atoms. The van der Waals surface area contributed by atoms with Crippen molar-refractivity contribution in [2.45, 2.75) is 19.9 Å². The fourth-order valence-corrected chi connectivity index (χ4v) is 3.41. The Morgan fingerprint density at radius 3 is 2.56 bits per heavy atom. The summed E-state index contributed by atoms with van der Waals surface area (Å²) in [5.41, 5.74) is 1.92. The van der Waals surface area contributed by atoms with Crippen LogP contribution in [-0.4, -0.2) is 14.9 Å². The van der Waals surface area contributed by atoms with Crippen molar-refractivity contribution in [1.29, 1.82) is 0 Å². The van der Waals surface area contributed by atoms with Crippen LogP contribution in [0, 0.1) is 17.0 Å². The number of aromatic nitrogens is 2. The highest BCUT2D eigenvalue weighted by Gasteiger charge is 2.16. The third kappa shape index (κ3) is 3.94. The van der Waals surface area contributed by atoms with Crippen molar-refractivity contribution in [2.75, 3.05) is 5.32 Å². The fraction of sp³-hybridized carbons (Fsp3) is 0.176. The molecule has 0 fully saturated rings. The number of hydrogen-bond acceptors (Lipinski definition) is 6. The van der Waals surface area contributed by atoms with E-state index in [1.807, 2.05) is 38.1 Å². The Labute approximate surface area is 153 Å². The van der Waals surface area contributed by atoms with Crippen LogP contribution in [0.3, 0.4) is 0 Å². The maximum Gasteiger partial charge on any atom is 0.287 e. The van der Waals surface area contributed by atoms with E-state index in [-0.39, 0.29) is 11.7 Å². The molecule has 25 heavy (non-hydrogen) atoms. The number of halogens is 1. The molecule has 8 heteroatoms. The van der Waals surface area contributed by atoms with Gasteiger partial charge in [-0.25, -0.2) is 9.97 Å². The van der Waals surface area contributed by atoms with Crippen molar-refractivity contribution in [2.24, 2.45) is 0 Å². The summed E-state index contributed by atoms with van der Waals surface area (Å²) in [6, 6.07) is 10.5. The second-order valence-electron chi connectivity index (χ2n) is 5.49. The highest BCUT2D eigenvalue weighted by atomic mass is 35.5. The first-order valence-electron chi connectivity index (χ1n) is 7.54. The number of anilines is 1. The van der Waals surface area contributed by atoms with Crippen LogP contribution in [0.1, 0.15) is 22.9 Å². The Morgan fingerprint density at radius 2 is 1.96 bits per heavy atom. The van der Waals surface area contributed by atoms with E-state index < -0.39 is 4.92 Å². The summed E-state index contributed by atoms with van der Waals surface area (Å²) in [7, 11) is 0. The van der Waals surface area contributed by atoms with Gasteiger partial charge in [-0.05, 0) is 32.0 Å². The minimum absolute atomic E-state index is 0.0340. The molecule has 1 aromatic carbocycles. The standard InChI is InChI=1S/C17H15ClN4O2S/c1-10(20-15-8-7-14(9-19-15)22(23)24)17-21-16(11(2)25-17)12-3-5-13(18)6-4-12/h3-10H,1-2H3,(H,19,20). The Kier molecular flexibility index (Phi) is 4.96. The average Bonchev–Trinajstić information content (AvgIpc) is 2.98. The van der Waals surface area contributed by atoms with Crippen LogP contribution in [-0.2, 0) is 0 Å². The maximum absolute atomic E-state index is 10.7. The number of thiazole rings is 1. The SMILES string of the molecule is Cc1sc(C(C)Nc2ccc([N+](=O)[O-])cn2)nc1-c1ccc(Cl)cc1. The number of aryl methyl sites for hydroxylation is 1. The van der Waals surface area contributed by atoms with Crippen molar-refractivity contribution in [3.05, 3.63) is 67.6 Å². The third-order valence-electron chi connectivity index (χ3n) is 3.62. The normalized spacial score (nSPS) is 12.0. The van der Waals surface area contributed by atoms with E-state index in [1.165, 1.54) is 12.3 Å². The first-order valence-corrected chi connectivity index (χ1v) is 8.73. The zero-order valence-corrected chi connectivity index (χ0v) is 15.1. The van der Waals surface area contributed by atoms with Crippen LogP contribution < -0.4 is 5.32 Å². The Balaban J connectivity index is 1.78. The first-order chi connectivity index (χ1) is 11.9. The predicted octanol–water partition coefficient (Wildman–Crippen LogP) is 5.25. The molecule has 0 saturated carbocycles. The van der Waals surface area contributed by atoms with Gasteiger partial charge in [-0.3, -0.25) is 10.1 Å². The molecular formula is C17H15ClN4O2S. The molecule has 0 aliphatic heterocycles. The molecule has 0 spiro atoms. The van der Waals surface area contributed by atoms with Gasteiger partial charge >= 0.3 is 0 Å². The van der Waals surface area contributed by atoms with Crippen LogP contribution in [0.5, 0.6) is 0 Å². The molecule has 128 valence electrons. The zero-order valence-electron chi connectivity index (χ0n) is 13.6. The van der Waals surface area contributed by atoms with Crippen LogP contribution in [0.4, 0.5) is 11.5 Å². The van der Waals surface area contributed by atoms with Crippen LogP contribution in [0.2, 0.25) is 5.02 Å². The molecule has 1 unspecified atom stereocenters. The number of nitrogens with one attached hydrogen (secondary N) is 1. The predicted molar refractivity (Wildman–Crippen MR) is 100 cm³/mol. The summed E-state index contributed by atoms with van der Waals surface area (Å²) in [6.07, 6.45) is 1.24. The number of pyridine rings is 1. The molecule has 2 heterocycles. The Hall–Kier alpha value is -2.51. The molecule has 6 nitrogen and oxygen atoms in total. The summed E-state index contributed by atoms with van der Waals surface area (Å²) < 4.78 is 0. The lowest BCUT2D eigenvalue weighted by atomic mass is 10.1. The fourth-order valence-electron chi connectivity index (χ4n) is 2.34. The Bertz CT molecular complexity index is 894. The van der Waals surface area contributed by atoms with Crippen molar-refractivity contribution < 1.29 is 4.92 Å². The molecule has 3 rings (SSSR count). The lowest BCUT2D eigenvalue weighted by molar-refractivity contribution is -0.385. The molecular weight excluding hydrogens is 360 g/mol. The van der Waals surface area contributed by atoms with Gasteiger partial charge in [0.05, 0.1) is 16.7 Å². The number of benzene rings is 1. The molecule has 3 aromatic rings. The lowest BCUT2D eigenvalue weighted by Crippen LogP contribution is -2.07. The summed E-state index contributed by atoms with van der Waals surface area (Å²) in [6.45, 7) is 4.01. The van der Waals surface area contributed by atoms with Gasteiger partial charge in [0.15, 0.2) is 0 Å². The van der Waals surface area contributed by atoms with Gasteiger partial charge in [-0.2, -0.15) is 0 Å². The van der Waals surface area contributed by atoms with E-state index in [9.17, 15) is 10.1 Å². The number of nitrogens with zero attached hydrogens (tertiary/aromatic N) is 3. The number of rotatable bonds is 5. The monoisotopic (exact) mass is 374 g/mol. The van der Waals surface area contributed by atoms with E-state index in [0.29, 0.717) is 10.8 Å².